The maximum atomic E-state index is 13.3. The maximum absolute atomic E-state index is 13.3. The minimum atomic E-state index is -0.496. The smallest absolute Gasteiger partial charge is 0.326 e. The number of amides is 1. The second-order valence-corrected chi connectivity index (χ2v) is 9.67. The Hall–Kier alpha value is -2.84. The summed E-state index contributed by atoms with van der Waals surface area (Å²) in [6.07, 6.45) is 0. The highest BCUT2D eigenvalue weighted by Crippen LogP contribution is 2.41. The molecular formula is C27H27Br2NO5. The molecule has 0 N–H and O–H groups in total. The van der Waals surface area contributed by atoms with Crippen LogP contribution in [0.15, 0.2) is 69.6 Å². The van der Waals surface area contributed by atoms with E-state index in [1.807, 2.05) is 24.3 Å². The molecule has 184 valence electrons. The molecule has 6 nitrogen and oxygen atoms in total. The fraction of sp³-hybridized carbons (Fsp3) is 0.259. The number of carbonyl (C=O) groups is 2. The van der Waals surface area contributed by atoms with Crippen molar-refractivity contribution in [2.45, 2.75) is 26.7 Å². The summed E-state index contributed by atoms with van der Waals surface area (Å²) in [6.45, 7) is 5.90. The molecule has 0 atom stereocenters. The van der Waals surface area contributed by atoms with Crippen molar-refractivity contribution in [2.24, 2.45) is 0 Å². The van der Waals surface area contributed by atoms with E-state index in [9.17, 15) is 9.59 Å². The van der Waals surface area contributed by atoms with Crippen LogP contribution in [0.4, 0.5) is 5.69 Å². The molecule has 3 aromatic rings. The number of esters is 1. The molecule has 0 aliphatic heterocycles. The molecule has 1 amide bonds. The van der Waals surface area contributed by atoms with Crippen molar-refractivity contribution in [3.8, 4) is 17.2 Å². The number of nitrogens with zero attached hydrogens (tertiary/aromatic N) is 1. The Labute approximate surface area is 222 Å². The van der Waals surface area contributed by atoms with Crippen molar-refractivity contribution < 1.29 is 23.8 Å². The van der Waals surface area contributed by atoms with Gasteiger partial charge in [0.1, 0.15) is 18.0 Å². The van der Waals surface area contributed by atoms with Crippen molar-refractivity contribution in [3.63, 3.8) is 0 Å². The summed E-state index contributed by atoms with van der Waals surface area (Å²) in [7, 11) is 1.65. The molecule has 0 aliphatic carbocycles. The van der Waals surface area contributed by atoms with Crippen LogP contribution in [0.2, 0.25) is 0 Å². The van der Waals surface area contributed by atoms with Gasteiger partial charge in [0.05, 0.1) is 22.7 Å². The fourth-order valence-corrected chi connectivity index (χ4v) is 4.82. The molecular weight excluding hydrogens is 578 g/mol. The van der Waals surface area contributed by atoms with Gasteiger partial charge >= 0.3 is 5.97 Å². The quantitative estimate of drug-likeness (QED) is 0.239. The van der Waals surface area contributed by atoms with E-state index in [2.05, 4.69) is 45.7 Å². The van der Waals surface area contributed by atoms with E-state index in [-0.39, 0.29) is 25.0 Å². The number of anilines is 1. The van der Waals surface area contributed by atoms with Crippen LogP contribution >= 0.6 is 31.9 Å². The van der Waals surface area contributed by atoms with Crippen LogP contribution in [0.1, 0.15) is 42.6 Å². The number of halogens is 2. The average molecular weight is 605 g/mol. The Kier molecular flexibility index (Phi) is 9.34. The van der Waals surface area contributed by atoms with Gasteiger partial charge in [0, 0.05) is 16.8 Å². The highest BCUT2D eigenvalue weighted by Gasteiger charge is 2.24. The van der Waals surface area contributed by atoms with Crippen LogP contribution < -0.4 is 14.4 Å². The van der Waals surface area contributed by atoms with E-state index in [1.165, 1.54) is 4.90 Å². The van der Waals surface area contributed by atoms with Gasteiger partial charge in [-0.1, -0.05) is 32.0 Å². The topological polar surface area (TPSA) is 65.1 Å². The number of methoxy groups -OCH3 is 1. The molecule has 0 heterocycles. The van der Waals surface area contributed by atoms with Crippen LogP contribution in [-0.4, -0.2) is 32.1 Å². The van der Waals surface area contributed by atoms with Crippen molar-refractivity contribution in [1.82, 2.24) is 0 Å². The maximum Gasteiger partial charge on any atom is 0.326 e. The number of rotatable bonds is 9. The molecule has 0 bridgehead atoms. The van der Waals surface area contributed by atoms with E-state index in [1.54, 1.807) is 50.4 Å². The van der Waals surface area contributed by atoms with E-state index < -0.39 is 5.97 Å². The van der Waals surface area contributed by atoms with Gasteiger partial charge < -0.3 is 14.2 Å². The number of hydrogen-bond donors (Lipinski definition) is 0. The van der Waals surface area contributed by atoms with Gasteiger partial charge in [-0.3, -0.25) is 14.5 Å². The zero-order valence-corrected chi connectivity index (χ0v) is 23.2. The van der Waals surface area contributed by atoms with E-state index in [0.29, 0.717) is 31.7 Å². The van der Waals surface area contributed by atoms with Crippen LogP contribution in [-0.2, 0) is 9.53 Å². The molecule has 0 saturated carbocycles. The second kappa shape index (κ2) is 12.2. The summed E-state index contributed by atoms with van der Waals surface area (Å²) < 4.78 is 18.0. The summed E-state index contributed by atoms with van der Waals surface area (Å²) in [4.78, 5) is 27.0. The van der Waals surface area contributed by atoms with Gasteiger partial charge in [-0.05, 0) is 87.2 Å². The third-order valence-electron chi connectivity index (χ3n) is 5.20. The van der Waals surface area contributed by atoms with E-state index in [4.69, 9.17) is 14.2 Å². The number of benzene rings is 3. The molecule has 3 aromatic carbocycles. The second-order valence-electron chi connectivity index (χ2n) is 7.96. The molecule has 0 fully saturated rings. The van der Waals surface area contributed by atoms with Gasteiger partial charge in [0.2, 0.25) is 0 Å². The number of carbonyl (C=O) groups excluding carboxylic acids is 2. The Morgan fingerprint density at radius 1 is 0.971 bits per heavy atom. The monoisotopic (exact) mass is 603 g/mol. The molecule has 0 aromatic heterocycles. The molecule has 0 unspecified atom stereocenters. The Morgan fingerprint density at radius 2 is 1.63 bits per heavy atom. The predicted molar refractivity (Wildman–Crippen MR) is 144 cm³/mol. The lowest BCUT2D eigenvalue weighted by atomic mass is 10.0. The first-order valence-electron chi connectivity index (χ1n) is 11.1. The molecule has 0 spiro atoms. The first-order valence-corrected chi connectivity index (χ1v) is 12.7. The van der Waals surface area contributed by atoms with Crippen LogP contribution in [0.3, 0.4) is 0 Å². The number of ether oxygens (including phenoxy) is 3. The Bertz CT molecular complexity index is 1170. The number of hydrogen-bond acceptors (Lipinski definition) is 5. The van der Waals surface area contributed by atoms with E-state index >= 15 is 0 Å². The first kappa shape index (κ1) is 26.8. The molecule has 0 radical (unpaired) electrons. The van der Waals surface area contributed by atoms with Gasteiger partial charge in [-0.2, -0.15) is 0 Å². The van der Waals surface area contributed by atoms with Gasteiger partial charge in [0.15, 0.2) is 5.75 Å². The first-order chi connectivity index (χ1) is 16.7. The Balaban J connectivity index is 1.97. The molecule has 35 heavy (non-hydrogen) atoms. The van der Waals surface area contributed by atoms with Crippen LogP contribution in [0, 0.1) is 0 Å². The van der Waals surface area contributed by atoms with Crippen molar-refractivity contribution in [2.75, 3.05) is 25.2 Å². The van der Waals surface area contributed by atoms with Gasteiger partial charge in [0.25, 0.3) is 5.91 Å². The van der Waals surface area contributed by atoms with Crippen molar-refractivity contribution >= 4 is 49.4 Å². The lowest BCUT2D eigenvalue weighted by molar-refractivity contribution is -0.141. The summed E-state index contributed by atoms with van der Waals surface area (Å²) in [5, 5.41) is 0. The standard InChI is InChI=1S/C27H27Br2NO5/c1-5-34-25(31)16-30(27(32)18-9-7-6-8-10-18)19-13-22(28)26(23(29)14-19)35-20-11-12-24(33-4)21(15-20)17(2)3/h6-15,17H,5,16H2,1-4H3. The molecule has 3 rings (SSSR count). The average Bonchev–Trinajstić information content (AvgIpc) is 2.84. The minimum Gasteiger partial charge on any atom is -0.496 e. The zero-order valence-electron chi connectivity index (χ0n) is 20.0. The van der Waals surface area contributed by atoms with E-state index in [0.717, 1.165) is 11.3 Å². The molecule has 8 heteroatoms. The minimum absolute atomic E-state index is 0.225. The zero-order chi connectivity index (χ0) is 25.5. The lowest BCUT2D eigenvalue weighted by Gasteiger charge is -2.23. The predicted octanol–water partition coefficient (Wildman–Crippen LogP) is 7.35. The lowest BCUT2D eigenvalue weighted by Crippen LogP contribution is -2.36. The highest BCUT2D eigenvalue weighted by atomic mass is 79.9. The third kappa shape index (κ3) is 6.64. The van der Waals surface area contributed by atoms with Crippen LogP contribution in [0.25, 0.3) is 0 Å². The summed E-state index contributed by atoms with van der Waals surface area (Å²) in [6, 6.07) is 17.9. The fourth-order valence-electron chi connectivity index (χ4n) is 3.50. The summed E-state index contributed by atoms with van der Waals surface area (Å²) >= 11 is 7.14. The van der Waals surface area contributed by atoms with Crippen molar-refractivity contribution in [1.29, 1.82) is 0 Å². The van der Waals surface area contributed by atoms with Gasteiger partial charge in [-0.25, -0.2) is 0 Å². The normalized spacial score (nSPS) is 10.7. The summed E-state index contributed by atoms with van der Waals surface area (Å²) in [5.74, 6) is 1.42. The Morgan fingerprint density at radius 3 is 2.20 bits per heavy atom. The van der Waals surface area contributed by atoms with Gasteiger partial charge in [-0.15, -0.1) is 0 Å². The summed E-state index contributed by atoms with van der Waals surface area (Å²) in [5.41, 5.74) is 2.00. The van der Waals surface area contributed by atoms with Crippen molar-refractivity contribution in [3.05, 3.63) is 80.7 Å². The van der Waals surface area contributed by atoms with Crippen LogP contribution in [0.5, 0.6) is 17.2 Å². The SMILES string of the molecule is CCOC(=O)CN(C(=O)c1ccccc1)c1cc(Br)c(Oc2ccc(OC)c(C(C)C)c2)c(Br)c1. The third-order valence-corrected chi connectivity index (χ3v) is 6.37. The molecule has 0 aliphatic rings. The largest absolute Gasteiger partial charge is 0.496 e. The molecule has 0 saturated heterocycles. The highest BCUT2D eigenvalue weighted by molar-refractivity contribution is 9.11.